The fourth-order valence-electron chi connectivity index (χ4n) is 1.26. The normalized spacial score (nSPS) is 10.7. The molecule has 0 spiro atoms. The second-order valence-corrected chi connectivity index (χ2v) is 3.77. The molecule has 15 heavy (non-hydrogen) atoms. The average molecular weight is 210 g/mol. The number of phenolic OH excluding ortho intramolecular Hbond substituents is 1. The predicted molar refractivity (Wildman–Crippen MR) is 59.4 cm³/mol. The van der Waals surface area contributed by atoms with Gasteiger partial charge in [-0.25, -0.2) is 0 Å². The molecule has 0 unspecified atom stereocenters. The van der Waals surface area contributed by atoms with Gasteiger partial charge in [-0.2, -0.15) is 0 Å². The molecule has 3 heteroatoms. The lowest BCUT2D eigenvalue weighted by Crippen LogP contribution is -2.11. The van der Waals surface area contributed by atoms with Crippen LogP contribution in [0.25, 0.3) is 0 Å². The van der Waals surface area contributed by atoms with Crippen molar-refractivity contribution in [2.75, 3.05) is 13.2 Å². The van der Waals surface area contributed by atoms with E-state index in [2.05, 4.69) is 0 Å². The molecule has 0 radical (unpaired) electrons. The molecule has 84 valence electrons. The Morgan fingerprint density at radius 2 is 1.93 bits per heavy atom. The lowest BCUT2D eigenvalue weighted by molar-refractivity contribution is 0.0552. The van der Waals surface area contributed by atoms with Crippen LogP contribution in [0.3, 0.4) is 0 Å². The highest BCUT2D eigenvalue weighted by molar-refractivity contribution is 5.36. The van der Waals surface area contributed by atoms with Gasteiger partial charge in [0.1, 0.15) is 18.1 Å². The molecule has 0 amide bonds. The largest absolute Gasteiger partial charge is 0.508 e. The molecule has 1 rings (SSSR count). The molecule has 0 aliphatic rings. The smallest absolute Gasteiger partial charge is 0.123 e. The van der Waals surface area contributed by atoms with Crippen LogP contribution in [0, 0.1) is 6.92 Å². The van der Waals surface area contributed by atoms with E-state index in [1.165, 1.54) is 0 Å². The Morgan fingerprint density at radius 3 is 2.53 bits per heavy atom. The number of hydrogen-bond donors (Lipinski definition) is 1. The van der Waals surface area contributed by atoms with Gasteiger partial charge in [0.2, 0.25) is 0 Å². The van der Waals surface area contributed by atoms with E-state index in [4.69, 9.17) is 9.47 Å². The van der Waals surface area contributed by atoms with Gasteiger partial charge < -0.3 is 14.6 Å². The summed E-state index contributed by atoms with van der Waals surface area (Å²) >= 11 is 0. The Morgan fingerprint density at radius 1 is 1.20 bits per heavy atom. The van der Waals surface area contributed by atoms with Crippen LogP contribution in [0.15, 0.2) is 18.2 Å². The number of ether oxygens (including phenoxy) is 2. The molecule has 1 aromatic rings. The molecule has 0 aliphatic heterocycles. The van der Waals surface area contributed by atoms with Crippen LogP contribution in [0.2, 0.25) is 0 Å². The van der Waals surface area contributed by atoms with E-state index in [0.717, 1.165) is 5.56 Å². The SMILES string of the molecule is Cc1cc(O)cc(OCCOC(C)C)c1. The topological polar surface area (TPSA) is 38.7 Å². The van der Waals surface area contributed by atoms with Gasteiger partial charge >= 0.3 is 0 Å². The summed E-state index contributed by atoms with van der Waals surface area (Å²) in [6.45, 7) is 6.95. The van der Waals surface area contributed by atoms with Crippen molar-refractivity contribution in [1.29, 1.82) is 0 Å². The van der Waals surface area contributed by atoms with Crippen molar-refractivity contribution in [1.82, 2.24) is 0 Å². The van der Waals surface area contributed by atoms with Gasteiger partial charge in [-0.15, -0.1) is 0 Å². The maximum atomic E-state index is 9.33. The van der Waals surface area contributed by atoms with Crippen LogP contribution in [0.1, 0.15) is 19.4 Å². The number of phenols is 1. The summed E-state index contributed by atoms with van der Waals surface area (Å²) in [6.07, 6.45) is 0.222. The van der Waals surface area contributed by atoms with Crippen molar-refractivity contribution in [3.8, 4) is 11.5 Å². The third kappa shape index (κ3) is 4.70. The molecule has 0 saturated carbocycles. The zero-order valence-corrected chi connectivity index (χ0v) is 9.49. The minimum atomic E-state index is 0.222. The van der Waals surface area contributed by atoms with E-state index in [0.29, 0.717) is 19.0 Å². The van der Waals surface area contributed by atoms with E-state index < -0.39 is 0 Å². The Balaban J connectivity index is 2.37. The Kier molecular flexibility index (Phi) is 4.43. The first-order valence-corrected chi connectivity index (χ1v) is 5.13. The zero-order chi connectivity index (χ0) is 11.3. The van der Waals surface area contributed by atoms with E-state index in [1.54, 1.807) is 12.1 Å². The minimum absolute atomic E-state index is 0.222. The fourth-order valence-corrected chi connectivity index (χ4v) is 1.26. The van der Waals surface area contributed by atoms with Gasteiger partial charge in [0.25, 0.3) is 0 Å². The summed E-state index contributed by atoms with van der Waals surface area (Å²) in [6, 6.07) is 5.18. The molecular formula is C12H18O3. The molecular weight excluding hydrogens is 192 g/mol. The maximum Gasteiger partial charge on any atom is 0.123 e. The van der Waals surface area contributed by atoms with E-state index >= 15 is 0 Å². The quantitative estimate of drug-likeness (QED) is 0.759. The predicted octanol–water partition coefficient (Wildman–Crippen LogP) is 2.50. The maximum absolute atomic E-state index is 9.33. The van der Waals surface area contributed by atoms with Crippen molar-refractivity contribution in [2.45, 2.75) is 26.9 Å². The average Bonchev–Trinajstić information content (AvgIpc) is 2.10. The van der Waals surface area contributed by atoms with Crippen molar-refractivity contribution >= 4 is 0 Å². The lowest BCUT2D eigenvalue weighted by Gasteiger charge is -2.10. The molecule has 0 heterocycles. The number of rotatable bonds is 5. The summed E-state index contributed by atoms with van der Waals surface area (Å²) in [4.78, 5) is 0. The van der Waals surface area contributed by atoms with Gasteiger partial charge in [0, 0.05) is 6.07 Å². The summed E-state index contributed by atoms with van der Waals surface area (Å²) in [5, 5.41) is 9.33. The molecule has 0 bridgehead atoms. The van der Waals surface area contributed by atoms with E-state index in [9.17, 15) is 5.11 Å². The summed E-state index contributed by atoms with van der Waals surface area (Å²) < 4.78 is 10.8. The molecule has 0 fully saturated rings. The third-order valence-corrected chi connectivity index (χ3v) is 1.84. The van der Waals surface area contributed by atoms with Gasteiger partial charge in [-0.3, -0.25) is 0 Å². The summed E-state index contributed by atoms with van der Waals surface area (Å²) in [7, 11) is 0. The highest BCUT2D eigenvalue weighted by Crippen LogP contribution is 2.20. The second-order valence-electron chi connectivity index (χ2n) is 3.77. The highest BCUT2D eigenvalue weighted by Gasteiger charge is 1.99. The van der Waals surface area contributed by atoms with E-state index in [-0.39, 0.29) is 11.9 Å². The molecule has 0 saturated heterocycles. The monoisotopic (exact) mass is 210 g/mol. The van der Waals surface area contributed by atoms with Crippen LogP contribution >= 0.6 is 0 Å². The summed E-state index contributed by atoms with van der Waals surface area (Å²) in [5.74, 6) is 0.912. The standard InChI is InChI=1S/C12H18O3/c1-9(2)14-4-5-15-12-7-10(3)6-11(13)8-12/h6-9,13H,4-5H2,1-3H3. The molecule has 1 aromatic carbocycles. The summed E-state index contributed by atoms with van der Waals surface area (Å²) in [5.41, 5.74) is 0.981. The Hall–Kier alpha value is -1.22. The first-order valence-electron chi connectivity index (χ1n) is 5.13. The van der Waals surface area contributed by atoms with Crippen LogP contribution in [-0.4, -0.2) is 24.4 Å². The number of aryl methyl sites for hydroxylation is 1. The van der Waals surface area contributed by atoms with Crippen LogP contribution in [0.5, 0.6) is 11.5 Å². The molecule has 0 atom stereocenters. The van der Waals surface area contributed by atoms with E-state index in [1.807, 2.05) is 26.8 Å². The highest BCUT2D eigenvalue weighted by atomic mass is 16.5. The number of hydrogen-bond acceptors (Lipinski definition) is 3. The van der Waals surface area contributed by atoms with Crippen molar-refractivity contribution in [2.24, 2.45) is 0 Å². The number of benzene rings is 1. The van der Waals surface area contributed by atoms with Crippen molar-refractivity contribution < 1.29 is 14.6 Å². The molecule has 0 aliphatic carbocycles. The first kappa shape index (κ1) is 11.9. The fraction of sp³-hybridized carbons (Fsp3) is 0.500. The van der Waals surface area contributed by atoms with Gasteiger partial charge in [0.15, 0.2) is 0 Å². The van der Waals surface area contributed by atoms with Crippen molar-refractivity contribution in [3.05, 3.63) is 23.8 Å². The first-order chi connectivity index (χ1) is 7.08. The van der Waals surface area contributed by atoms with Crippen LogP contribution in [0.4, 0.5) is 0 Å². The molecule has 0 aromatic heterocycles. The second kappa shape index (κ2) is 5.61. The molecule has 3 nitrogen and oxygen atoms in total. The van der Waals surface area contributed by atoms with Gasteiger partial charge in [-0.1, -0.05) is 0 Å². The molecule has 1 N–H and O–H groups in total. The van der Waals surface area contributed by atoms with Gasteiger partial charge in [0.05, 0.1) is 12.7 Å². The van der Waals surface area contributed by atoms with Crippen LogP contribution < -0.4 is 4.74 Å². The number of aromatic hydroxyl groups is 1. The van der Waals surface area contributed by atoms with Gasteiger partial charge in [-0.05, 0) is 38.5 Å². The third-order valence-electron chi connectivity index (χ3n) is 1.84. The van der Waals surface area contributed by atoms with Crippen LogP contribution in [-0.2, 0) is 4.74 Å². The zero-order valence-electron chi connectivity index (χ0n) is 9.49. The Labute approximate surface area is 90.6 Å². The lowest BCUT2D eigenvalue weighted by atomic mass is 10.2. The van der Waals surface area contributed by atoms with Crippen molar-refractivity contribution in [3.63, 3.8) is 0 Å². The minimum Gasteiger partial charge on any atom is -0.508 e. The Bertz CT molecular complexity index is 287.